The molecule has 1 aliphatic rings. The number of halogens is 7. The minimum Gasteiger partial charge on any atom is -1.00 e. The van der Waals surface area contributed by atoms with Crippen molar-refractivity contribution in [3.05, 3.63) is 35.4 Å². The van der Waals surface area contributed by atoms with Crippen LogP contribution < -0.4 is 4.70 Å². The van der Waals surface area contributed by atoms with E-state index in [2.05, 4.69) is 0 Å². The van der Waals surface area contributed by atoms with Crippen LogP contribution in [-0.2, 0) is 6.42 Å². The van der Waals surface area contributed by atoms with Crippen molar-refractivity contribution in [3.8, 4) is 0 Å². The van der Waals surface area contributed by atoms with Gasteiger partial charge in [0.1, 0.15) is 13.6 Å². The molecule has 1 heterocycles. The second-order valence-corrected chi connectivity index (χ2v) is 3.92. The third-order valence-electron chi connectivity index (χ3n) is 2.64. The maximum atomic E-state index is 12.8. The van der Waals surface area contributed by atoms with Gasteiger partial charge in [0.05, 0.1) is 5.56 Å². The topological polar surface area (TPSA) is 3.01 Å². The Kier molecular flexibility index (Phi) is 6.74. The molecular weight excluding hydrogens is 290 g/mol. The molecule has 0 saturated carbocycles. The van der Waals surface area contributed by atoms with Crippen molar-refractivity contribution in [1.29, 1.82) is 0 Å². The Balaban J connectivity index is 0.000000644. The van der Waals surface area contributed by atoms with Crippen molar-refractivity contribution < 1.29 is 35.4 Å². The lowest BCUT2D eigenvalue weighted by Crippen LogP contribution is -3.00. The van der Waals surface area contributed by atoms with Crippen LogP contribution in [0, 0.1) is 0 Å². The summed E-state index contributed by atoms with van der Waals surface area (Å²) in [5.41, 5.74) is 0.575. The minimum absolute atomic E-state index is 0. The second kappa shape index (κ2) is 7.30. The highest BCUT2D eigenvalue weighted by atomic mass is 19.4. The van der Waals surface area contributed by atoms with Crippen molar-refractivity contribution in [2.75, 3.05) is 13.6 Å². The van der Waals surface area contributed by atoms with E-state index >= 15 is 0 Å². The number of hydrogen-bond donors (Lipinski definition) is 0. The highest BCUT2D eigenvalue weighted by Crippen LogP contribution is 2.26. The smallest absolute Gasteiger partial charge is 0.762 e. The molecule has 0 unspecified atom stereocenters. The van der Waals surface area contributed by atoms with E-state index in [-0.39, 0.29) is 4.70 Å². The molecule has 0 bridgehead atoms. The SMILES string of the molecule is C[N+]1=C(C(F)(F)F)c2ccccc2CC1.FB(F)F.[F-]. The first kappa shape index (κ1) is 18.5. The number of fused-ring (bicyclic) bond motifs is 1. The van der Waals surface area contributed by atoms with Gasteiger partial charge in [0, 0.05) is 6.42 Å². The summed E-state index contributed by atoms with van der Waals surface area (Å²) in [6, 6.07) is 6.71. The van der Waals surface area contributed by atoms with Crippen LogP contribution in [0.25, 0.3) is 0 Å². The van der Waals surface area contributed by atoms with Gasteiger partial charge in [0.25, 0.3) is 5.71 Å². The minimum atomic E-state index is -4.27. The zero-order valence-corrected chi connectivity index (χ0v) is 10.4. The molecule has 1 nitrogen and oxygen atoms in total. The molecule has 0 radical (unpaired) electrons. The van der Waals surface area contributed by atoms with Crippen molar-refractivity contribution in [3.63, 3.8) is 0 Å². The second-order valence-electron chi connectivity index (χ2n) is 3.92. The Morgan fingerprint density at radius 2 is 1.60 bits per heavy atom. The van der Waals surface area contributed by atoms with E-state index in [4.69, 9.17) is 0 Å². The van der Waals surface area contributed by atoms with Crippen molar-refractivity contribution in [1.82, 2.24) is 0 Å². The molecule has 0 N–H and O–H groups in total. The Morgan fingerprint density at radius 3 is 2.10 bits per heavy atom. The summed E-state index contributed by atoms with van der Waals surface area (Å²) in [6.07, 6.45) is -3.60. The summed E-state index contributed by atoms with van der Waals surface area (Å²) in [5, 5.41) is 0. The number of nitrogens with zero attached hydrogens (tertiary/aromatic N) is 1. The molecule has 0 aromatic heterocycles. The van der Waals surface area contributed by atoms with Crippen LogP contribution in [0.5, 0.6) is 0 Å². The molecule has 0 saturated heterocycles. The molecule has 2 rings (SSSR count). The Morgan fingerprint density at radius 1 is 1.10 bits per heavy atom. The fourth-order valence-corrected chi connectivity index (χ4v) is 1.94. The molecular formula is C11H11BF7N. The Labute approximate surface area is 111 Å². The quantitative estimate of drug-likeness (QED) is 0.364. The molecule has 1 aromatic carbocycles. The van der Waals surface area contributed by atoms with Gasteiger partial charge in [-0.25, -0.2) is 4.58 Å². The molecule has 1 aliphatic heterocycles. The van der Waals surface area contributed by atoms with E-state index in [0.29, 0.717) is 18.5 Å². The average molecular weight is 301 g/mol. The Bertz CT molecular complexity index is 467. The normalized spacial score (nSPS) is 13.8. The van der Waals surface area contributed by atoms with E-state index < -0.39 is 19.4 Å². The zero-order chi connectivity index (χ0) is 14.6. The third kappa shape index (κ3) is 4.86. The third-order valence-corrected chi connectivity index (χ3v) is 2.64. The maximum absolute atomic E-state index is 12.8. The van der Waals surface area contributed by atoms with E-state index in [9.17, 15) is 26.1 Å². The molecule has 0 aliphatic carbocycles. The van der Waals surface area contributed by atoms with E-state index in [1.54, 1.807) is 18.2 Å². The highest BCUT2D eigenvalue weighted by molar-refractivity contribution is 6.33. The predicted octanol–water partition coefficient (Wildman–Crippen LogP) is 0.120. The van der Waals surface area contributed by atoms with E-state index in [1.807, 2.05) is 0 Å². The molecule has 1 aromatic rings. The number of rotatable bonds is 0. The molecule has 20 heavy (non-hydrogen) atoms. The van der Waals surface area contributed by atoms with Gasteiger partial charge in [-0.15, -0.1) is 0 Å². The Hall–Kier alpha value is -1.54. The fourth-order valence-electron chi connectivity index (χ4n) is 1.94. The van der Waals surface area contributed by atoms with Crippen LogP contribution in [0.15, 0.2) is 24.3 Å². The lowest BCUT2D eigenvalue weighted by molar-refractivity contribution is -0.505. The average Bonchev–Trinajstić information content (AvgIpc) is 2.26. The van der Waals surface area contributed by atoms with Gasteiger partial charge in [-0.05, 0) is 11.6 Å². The van der Waals surface area contributed by atoms with Gasteiger partial charge < -0.3 is 4.70 Å². The summed E-state index contributed by atoms with van der Waals surface area (Å²) in [4.78, 5) is 0. The van der Waals surface area contributed by atoms with Crippen molar-refractivity contribution in [2.45, 2.75) is 12.6 Å². The molecule has 0 spiro atoms. The first-order valence-corrected chi connectivity index (χ1v) is 5.39. The first-order chi connectivity index (χ1) is 8.73. The lowest BCUT2D eigenvalue weighted by atomic mass is 9.97. The number of alkyl halides is 3. The van der Waals surface area contributed by atoms with Gasteiger partial charge in [-0.2, -0.15) is 13.2 Å². The largest absolute Gasteiger partial charge is 1.00 e. The molecule has 0 atom stereocenters. The number of likely N-dealkylation sites (N-methyl/N-ethyl adjacent to an activating group) is 1. The number of benzene rings is 1. The van der Waals surface area contributed by atoms with Gasteiger partial charge in [0.2, 0.25) is 0 Å². The summed E-state index contributed by atoms with van der Waals surface area (Å²) in [7, 11) is -2.18. The molecule has 9 heteroatoms. The highest BCUT2D eigenvalue weighted by Gasteiger charge is 2.46. The molecule has 0 amide bonds. The van der Waals surface area contributed by atoms with Gasteiger partial charge in [0.15, 0.2) is 0 Å². The summed E-state index contributed by atoms with van der Waals surface area (Å²) in [6.45, 7) is 0.422. The van der Waals surface area contributed by atoms with Crippen LogP contribution in [0.1, 0.15) is 11.1 Å². The van der Waals surface area contributed by atoms with E-state index in [1.165, 1.54) is 17.7 Å². The zero-order valence-electron chi connectivity index (χ0n) is 10.4. The summed E-state index contributed by atoms with van der Waals surface area (Å²) in [5.74, 6) is 0. The van der Waals surface area contributed by atoms with Crippen molar-refractivity contribution in [2.24, 2.45) is 0 Å². The van der Waals surface area contributed by atoms with Crippen LogP contribution in [0.4, 0.5) is 26.1 Å². The van der Waals surface area contributed by atoms with Gasteiger partial charge >= 0.3 is 13.7 Å². The van der Waals surface area contributed by atoms with Crippen LogP contribution in [0.2, 0.25) is 0 Å². The van der Waals surface area contributed by atoms with Gasteiger partial charge in [-0.1, -0.05) is 18.2 Å². The fraction of sp³-hybridized carbons (Fsp3) is 0.364. The number of hydrogen-bond acceptors (Lipinski definition) is 0. The summed E-state index contributed by atoms with van der Waals surface area (Å²) < 4.78 is 68.7. The first-order valence-electron chi connectivity index (χ1n) is 5.39. The molecule has 112 valence electrons. The maximum Gasteiger partial charge on any atom is 0.762 e. The van der Waals surface area contributed by atoms with Crippen molar-refractivity contribution >= 4 is 13.3 Å². The standard InChI is InChI=1S/C11H11F3N.BF3.FH/c1-15-7-6-8-4-2-3-5-9(8)10(15)11(12,13)14;2-1(3)4;/h2-5H,6-7H2,1H3;;1H/q+1;;/p-1. The predicted molar refractivity (Wildman–Crippen MR) is 60.4 cm³/mol. The van der Waals surface area contributed by atoms with E-state index in [0.717, 1.165) is 5.56 Å². The van der Waals surface area contributed by atoms with Gasteiger partial charge in [-0.3, -0.25) is 12.9 Å². The van der Waals surface area contributed by atoms with Crippen LogP contribution >= 0.6 is 0 Å². The van der Waals surface area contributed by atoms with Crippen LogP contribution in [-0.4, -0.2) is 37.6 Å². The lowest BCUT2D eigenvalue weighted by Gasteiger charge is -2.17. The monoisotopic (exact) mass is 301 g/mol. The summed E-state index contributed by atoms with van der Waals surface area (Å²) >= 11 is 0. The molecule has 0 fully saturated rings. The van der Waals surface area contributed by atoms with Crippen LogP contribution in [0.3, 0.4) is 0 Å².